The molecule has 118 valence electrons. The van der Waals surface area contributed by atoms with Crippen LogP contribution in [-0.4, -0.2) is 25.2 Å². The van der Waals surface area contributed by atoms with E-state index in [0.717, 1.165) is 22.7 Å². The second kappa shape index (κ2) is 6.57. The van der Waals surface area contributed by atoms with E-state index in [9.17, 15) is 9.59 Å². The van der Waals surface area contributed by atoms with Gasteiger partial charge in [0.15, 0.2) is 0 Å². The number of thiazole rings is 1. The summed E-state index contributed by atoms with van der Waals surface area (Å²) >= 11 is 1.14. The molecule has 1 aromatic carbocycles. The summed E-state index contributed by atoms with van der Waals surface area (Å²) in [5, 5.41) is 8.73. The highest BCUT2D eigenvalue weighted by molar-refractivity contribution is 7.07. The molecule has 1 amide bonds. The van der Waals surface area contributed by atoms with Gasteiger partial charge in [-0.05, 0) is 19.1 Å². The second-order valence-corrected chi connectivity index (χ2v) is 5.77. The molecule has 1 N–H and O–H groups in total. The normalized spacial score (nSPS) is 10.7. The third-order valence-corrected chi connectivity index (χ3v) is 4.26. The number of hydrogen-bond donors (Lipinski definition) is 1. The quantitative estimate of drug-likeness (QED) is 0.774. The van der Waals surface area contributed by atoms with E-state index in [1.54, 1.807) is 27.0 Å². The van der Waals surface area contributed by atoms with Gasteiger partial charge in [-0.1, -0.05) is 23.5 Å². The Morgan fingerprint density at radius 3 is 2.87 bits per heavy atom. The standard InChI is InChI=1S/C15H15N5O2S/c1-11-8-23-15(22)19(11)7-6-14(21)18-12-4-2-3-5-13(12)20-10-16-9-17-20/h2-5,8-10H,6-7H2,1H3,(H,18,21). The van der Waals surface area contributed by atoms with E-state index < -0.39 is 0 Å². The molecule has 23 heavy (non-hydrogen) atoms. The molecule has 7 nitrogen and oxygen atoms in total. The molecular weight excluding hydrogens is 314 g/mol. The van der Waals surface area contributed by atoms with Crippen molar-refractivity contribution < 1.29 is 4.79 Å². The molecule has 0 aliphatic rings. The number of aryl methyl sites for hydroxylation is 1. The molecular formula is C15H15N5O2S. The highest BCUT2D eigenvalue weighted by Crippen LogP contribution is 2.18. The van der Waals surface area contributed by atoms with E-state index >= 15 is 0 Å². The summed E-state index contributed by atoms with van der Waals surface area (Å²) in [6.45, 7) is 2.22. The van der Waals surface area contributed by atoms with E-state index in [4.69, 9.17) is 0 Å². The van der Waals surface area contributed by atoms with Crippen LogP contribution in [0, 0.1) is 6.92 Å². The van der Waals surface area contributed by atoms with Crippen LogP contribution < -0.4 is 10.2 Å². The Bertz CT molecular complexity index is 866. The number of anilines is 1. The number of carbonyl (C=O) groups is 1. The molecule has 0 bridgehead atoms. The molecule has 0 radical (unpaired) electrons. The summed E-state index contributed by atoms with van der Waals surface area (Å²) in [4.78, 5) is 27.7. The van der Waals surface area contributed by atoms with Crippen LogP contribution in [0.25, 0.3) is 5.69 Å². The van der Waals surface area contributed by atoms with Gasteiger partial charge in [0.2, 0.25) is 5.91 Å². The maximum absolute atomic E-state index is 12.2. The average molecular weight is 329 g/mol. The number of benzene rings is 1. The monoisotopic (exact) mass is 329 g/mol. The fraction of sp³-hybridized carbons (Fsp3) is 0.200. The van der Waals surface area contributed by atoms with E-state index in [1.807, 2.05) is 25.1 Å². The largest absolute Gasteiger partial charge is 0.324 e. The van der Waals surface area contributed by atoms with Gasteiger partial charge in [-0.3, -0.25) is 9.59 Å². The molecule has 2 heterocycles. The molecule has 0 aliphatic heterocycles. The molecule has 0 spiro atoms. The Kier molecular flexibility index (Phi) is 4.33. The van der Waals surface area contributed by atoms with Crippen molar-refractivity contribution in [3.8, 4) is 5.69 Å². The fourth-order valence-electron chi connectivity index (χ4n) is 2.21. The zero-order chi connectivity index (χ0) is 16.2. The number of carbonyl (C=O) groups excluding carboxylic acids is 1. The van der Waals surface area contributed by atoms with Crippen LogP contribution in [0.4, 0.5) is 5.69 Å². The first-order valence-corrected chi connectivity index (χ1v) is 7.92. The molecule has 3 rings (SSSR count). The van der Waals surface area contributed by atoms with Gasteiger partial charge in [0.25, 0.3) is 0 Å². The van der Waals surface area contributed by atoms with Crippen molar-refractivity contribution in [1.29, 1.82) is 0 Å². The van der Waals surface area contributed by atoms with E-state index in [2.05, 4.69) is 15.4 Å². The van der Waals surface area contributed by atoms with Gasteiger partial charge in [0.05, 0.1) is 11.4 Å². The van der Waals surface area contributed by atoms with Crippen molar-refractivity contribution in [1.82, 2.24) is 19.3 Å². The maximum Gasteiger partial charge on any atom is 0.307 e. The number of rotatable bonds is 5. The first-order chi connectivity index (χ1) is 11.1. The summed E-state index contributed by atoms with van der Waals surface area (Å²) in [5.74, 6) is -0.157. The van der Waals surface area contributed by atoms with Crippen LogP contribution in [0.5, 0.6) is 0 Å². The van der Waals surface area contributed by atoms with Gasteiger partial charge >= 0.3 is 4.87 Å². The molecule has 0 aliphatic carbocycles. The molecule has 0 fully saturated rings. The number of nitrogens with zero attached hydrogens (tertiary/aromatic N) is 4. The summed E-state index contributed by atoms with van der Waals surface area (Å²) < 4.78 is 3.19. The third kappa shape index (κ3) is 3.37. The SMILES string of the molecule is Cc1csc(=O)n1CCC(=O)Nc1ccccc1-n1cncn1. The first kappa shape index (κ1) is 15.2. The van der Waals surface area contributed by atoms with Crippen LogP contribution in [0.1, 0.15) is 12.1 Å². The van der Waals surface area contributed by atoms with Crippen molar-refractivity contribution in [3.63, 3.8) is 0 Å². The minimum Gasteiger partial charge on any atom is -0.324 e. The van der Waals surface area contributed by atoms with Crippen molar-refractivity contribution in [2.24, 2.45) is 0 Å². The van der Waals surface area contributed by atoms with Crippen LogP contribution in [-0.2, 0) is 11.3 Å². The van der Waals surface area contributed by atoms with Gasteiger partial charge in [-0.2, -0.15) is 5.10 Å². The molecule has 2 aromatic heterocycles. The van der Waals surface area contributed by atoms with Crippen molar-refractivity contribution in [2.75, 3.05) is 5.32 Å². The van der Waals surface area contributed by atoms with Crippen molar-refractivity contribution >= 4 is 22.9 Å². The van der Waals surface area contributed by atoms with Crippen molar-refractivity contribution in [2.45, 2.75) is 19.9 Å². The topological polar surface area (TPSA) is 81.8 Å². The van der Waals surface area contributed by atoms with Crippen LogP contribution >= 0.6 is 11.3 Å². The predicted molar refractivity (Wildman–Crippen MR) is 87.9 cm³/mol. The number of amides is 1. The highest BCUT2D eigenvalue weighted by atomic mass is 32.1. The van der Waals surface area contributed by atoms with Crippen LogP contribution in [0.3, 0.4) is 0 Å². The molecule has 3 aromatic rings. The lowest BCUT2D eigenvalue weighted by Crippen LogP contribution is -2.20. The lowest BCUT2D eigenvalue weighted by atomic mass is 10.2. The average Bonchev–Trinajstić information content (AvgIpc) is 3.17. The number of nitrogens with one attached hydrogen (secondary N) is 1. The van der Waals surface area contributed by atoms with Crippen LogP contribution in [0.15, 0.2) is 47.1 Å². The minimum absolute atomic E-state index is 0.0432. The number of hydrogen-bond acceptors (Lipinski definition) is 5. The van der Waals surface area contributed by atoms with E-state index in [-0.39, 0.29) is 17.2 Å². The summed E-state index contributed by atoms with van der Waals surface area (Å²) in [6, 6.07) is 7.35. The first-order valence-electron chi connectivity index (χ1n) is 7.04. The van der Waals surface area contributed by atoms with Gasteiger partial charge in [-0.25, -0.2) is 9.67 Å². The predicted octanol–water partition coefficient (Wildman–Crippen LogP) is 1.83. The van der Waals surface area contributed by atoms with Gasteiger partial charge in [-0.15, -0.1) is 0 Å². The third-order valence-electron chi connectivity index (χ3n) is 3.38. The Hall–Kier alpha value is -2.74. The Balaban J connectivity index is 1.70. The number of para-hydroxylation sites is 2. The molecule has 8 heteroatoms. The fourth-order valence-corrected chi connectivity index (χ4v) is 2.97. The molecule has 0 saturated carbocycles. The molecule has 0 saturated heterocycles. The van der Waals surface area contributed by atoms with Crippen LogP contribution in [0.2, 0.25) is 0 Å². The maximum atomic E-state index is 12.2. The second-order valence-electron chi connectivity index (χ2n) is 4.95. The van der Waals surface area contributed by atoms with Crippen molar-refractivity contribution in [3.05, 3.63) is 57.7 Å². The summed E-state index contributed by atoms with van der Waals surface area (Å²) in [7, 11) is 0. The molecule has 0 atom stereocenters. The highest BCUT2D eigenvalue weighted by Gasteiger charge is 2.10. The molecule has 0 unspecified atom stereocenters. The zero-order valence-electron chi connectivity index (χ0n) is 12.5. The van der Waals surface area contributed by atoms with Gasteiger partial charge in [0.1, 0.15) is 12.7 Å². The van der Waals surface area contributed by atoms with Gasteiger partial charge in [0, 0.05) is 24.0 Å². The Labute approximate surface area is 136 Å². The lowest BCUT2D eigenvalue weighted by molar-refractivity contribution is -0.116. The minimum atomic E-state index is -0.157. The lowest BCUT2D eigenvalue weighted by Gasteiger charge is -2.11. The van der Waals surface area contributed by atoms with E-state index in [1.165, 1.54) is 6.33 Å². The number of aromatic nitrogens is 4. The zero-order valence-corrected chi connectivity index (χ0v) is 13.3. The summed E-state index contributed by atoms with van der Waals surface area (Å²) in [6.07, 6.45) is 3.23. The Morgan fingerprint density at radius 1 is 1.35 bits per heavy atom. The van der Waals surface area contributed by atoms with Gasteiger partial charge < -0.3 is 9.88 Å². The Morgan fingerprint density at radius 2 is 2.17 bits per heavy atom. The smallest absolute Gasteiger partial charge is 0.307 e. The summed E-state index contributed by atoms with van der Waals surface area (Å²) in [5.41, 5.74) is 2.26. The van der Waals surface area contributed by atoms with E-state index in [0.29, 0.717) is 12.2 Å².